The molecule has 3 aromatic heterocycles. The molecule has 150 valence electrons. The van der Waals surface area contributed by atoms with Crippen LogP contribution in [0.3, 0.4) is 0 Å². The van der Waals surface area contributed by atoms with E-state index in [4.69, 9.17) is 4.98 Å². The Labute approximate surface area is 189 Å². The number of benzene rings is 4. The van der Waals surface area contributed by atoms with E-state index in [-0.39, 0.29) is 0 Å². The predicted molar refractivity (Wildman–Crippen MR) is 137 cm³/mol. The first-order chi connectivity index (χ1) is 15.9. The lowest BCUT2D eigenvalue weighted by Crippen LogP contribution is -1.93. The van der Waals surface area contributed by atoms with Gasteiger partial charge in [0.05, 0.1) is 26.9 Å². The lowest BCUT2D eigenvalue weighted by Gasteiger charge is -2.09. The molecule has 0 spiro atoms. The molecule has 0 N–H and O–H groups in total. The standard InChI is InChI=1S/C29H18N2S/c1-4-10-25-21(7-1)22-8-2-5-11-26(22)31(25)20-15-13-19(14-16-20)24-17-18-28-29(30-24)23-9-3-6-12-27(23)32-28/h1-18H. The van der Waals surface area contributed by atoms with Crippen molar-refractivity contribution in [3.05, 3.63) is 109 Å². The second kappa shape index (κ2) is 6.78. The number of nitrogens with zero attached hydrogens (tertiary/aromatic N) is 2. The zero-order chi connectivity index (χ0) is 21.1. The Morgan fingerprint density at radius 1 is 0.531 bits per heavy atom. The van der Waals surface area contributed by atoms with Crippen molar-refractivity contribution in [1.29, 1.82) is 0 Å². The Kier molecular flexibility index (Phi) is 3.75. The van der Waals surface area contributed by atoms with Crippen LogP contribution in [0.5, 0.6) is 0 Å². The van der Waals surface area contributed by atoms with Gasteiger partial charge < -0.3 is 4.57 Å². The molecule has 0 bridgehead atoms. The number of pyridine rings is 1. The summed E-state index contributed by atoms with van der Waals surface area (Å²) in [5.74, 6) is 0. The predicted octanol–water partition coefficient (Wildman–Crippen LogP) is 8.21. The van der Waals surface area contributed by atoms with Gasteiger partial charge in [-0.1, -0.05) is 66.7 Å². The Morgan fingerprint density at radius 2 is 1.16 bits per heavy atom. The summed E-state index contributed by atoms with van der Waals surface area (Å²) in [5.41, 5.74) is 6.85. The SMILES string of the molecule is c1ccc2c(c1)sc1ccc(-c3ccc(-n4c5ccccc5c5ccccc54)cc3)nc12. The minimum absolute atomic E-state index is 1.01. The molecular weight excluding hydrogens is 408 g/mol. The van der Waals surface area contributed by atoms with Crippen LogP contribution < -0.4 is 0 Å². The van der Waals surface area contributed by atoms with Crippen LogP contribution in [0.2, 0.25) is 0 Å². The van der Waals surface area contributed by atoms with Crippen LogP contribution in [-0.2, 0) is 0 Å². The number of para-hydroxylation sites is 2. The van der Waals surface area contributed by atoms with Crippen molar-refractivity contribution in [3.8, 4) is 16.9 Å². The van der Waals surface area contributed by atoms with Gasteiger partial charge in [0.15, 0.2) is 0 Å². The van der Waals surface area contributed by atoms with Gasteiger partial charge in [0.1, 0.15) is 0 Å². The van der Waals surface area contributed by atoms with Crippen LogP contribution in [-0.4, -0.2) is 9.55 Å². The van der Waals surface area contributed by atoms with Crippen molar-refractivity contribution in [2.75, 3.05) is 0 Å². The smallest absolute Gasteiger partial charge is 0.0895 e. The lowest BCUT2D eigenvalue weighted by molar-refractivity contribution is 1.18. The van der Waals surface area contributed by atoms with Gasteiger partial charge in [0, 0.05) is 32.1 Å². The molecule has 0 aliphatic carbocycles. The highest BCUT2D eigenvalue weighted by atomic mass is 32.1. The first-order valence-corrected chi connectivity index (χ1v) is 11.6. The summed E-state index contributed by atoms with van der Waals surface area (Å²) in [6.07, 6.45) is 0. The molecule has 0 amide bonds. The molecule has 3 heterocycles. The summed E-state index contributed by atoms with van der Waals surface area (Å²) in [5, 5.41) is 3.79. The summed E-state index contributed by atoms with van der Waals surface area (Å²) < 4.78 is 4.86. The third-order valence-electron chi connectivity index (χ3n) is 6.22. The van der Waals surface area contributed by atoms with E-state index in [9.17, 15) is 0 Å². The van der Waals surface area contributed by atoms with Crippen molar-refractivity contribution in [1.82, 2.24) is 9.55 Å². The van der Waals surface area contributed by atoms with E-state index >= 15 is 0 Å². The monoisotopic (exact) mass is 426 g/mol. The summed E-state index contributed by atoms with van der Waals surface area (Å²) in [6, 6.07) is 38.8. The van der Waals surface area contributed by atoms with Crippen molar-refractivity contribution >= 4 is 53.4 Å². The second-order valence-corrected chi connectivity index (χ2v) is 9.14. The molecule has 0 unspecified atom stereocenters. The molecule has 0 aliphatic rings. The van der Waals surface area contributed by atoms with Crippen LogP contribution in [0.1, 0.15) is 0 Å². The molecule has 7 aromatic rings. The molecule has 7 rings (SSSR count). The van der Waals surface area contributed by atoms with Crippen LogP contribution >= 0.6 is 11.3 Å². The fraction of sp³-hybridized carbons (Fsp3) is 0. The molecule has 4 aromatic carbocycles. The molecule has 2 nitrogen and oxygen atoms in total. The number of hydrogen-bond acceptors (Lipinski definition) is 2. The van der Waals surface area contributed by atoms with Gasteiger partial charge in [-0.25, -0.2) is 4.98 Å². The third kappa shape index (κ3) is 2.55. The average Bonchev–Trinajstić information content (AvgIpc) is 3.40. The van der Waals surface area contributed by atoms with E-state index in [1.807, 2.05) is 0 Å². The van der Waals surface area contributed by atoms with E-state index in [1.54, 1.807) is 11.3 Å². The summed E-state index contributed by atoms with van der Waals surface area (Å²) in [7, 11) is 0. The fourth-order valence-corrected chi connectivity index (χ4v) is 5.78. The highest BCUT2D eigenvalue weighted by Crippen LogP contribution is 2.35. The minimum Gasteiger partial charge on any atom is -0.309 e. The molecule has 0 saturated heterocycles. The van der Waals surface area contributed by atoms with Crippen molar-refractivity contribution < 1.29 is 0 Å². The van der Waals surface area contributed by atoms with Crippen LogP contribution in [0, 0.1) is 0 Å². The van der Waals surface area contributed by atoms with Crippen LogP contribution in [0.4, 0.5) is 0 Å². The Morgan fingerprint density at radius 3 is 1.88 bits per heavy atom. The van der Waals surface area contributed by atoms with Gasteiger partial charge in [-0.2, -0.15) is 0 Å². The van der Waals surface area contributed by atoms with E-state index in [1.165, 1.54) is 36.6 Å². The topological polar surface area (TPSA) is 17.8 Å². The first kappa shape index (κ1) is 17.7. The highest BCUT2D eigenvalue weighted by Gasteiger charge is 2.12. The van der Waals surface area contributed by atoms with Crippen molar-refractivity contribution in [3.63, 3.8) is 0 Å². The molecule has 0 saturated carbocycles. The van der Waals surface area contributed by atoms with Gasteiger partial charge in [-0.15, -0.1) is 11.3 Å². The summed E-state index contributed by atoms with van der Waals surface area (Å²) in [6.45, 7) is 0. The van der Waals surface area contributed by atoms with E-state index < -0.39 is 0 Å². The van der Waals surface area contributed by atoms with Gasteiger partial charge in [0.2, 0.25) is 0 Å². The lowest BCUT2D eigenvalue weighted by atomic mass is 10.1. The maximum Gasteiger partial charge on any atom is 0.0895 e. The average molecular weight is 427 g/mol. The maximum absolute atomic E-state index is 5.03. The van der Waals surface area contributed by atoms with Gasteiger partial charge in [-0.3, -0.25) is 0 Å². The van der Waals surface area contributed by atoms with Crippen LogP contribution in [0.25, 0.3) is 59.1 Å². The Balaban J connectivity index is 1.38. The van der Waals surface area contributed by atoms with Gasteiger partial charge >= 0.3 is 0 Å². The molecular formula is C29H18N2S. The molecule has 0 fully saturated rings. The quantitative estimate of drug-likeness (QED) is 0.272. The number of aromatic nitrogens is 2. The molecule has 3 heteroatoms. The molecule has 0 atom stereocenters. The highest BCUT2D eigenvalue weighted by molar-refractivity contribution is 7.25. The minimum atomic E-state index is 1.01. The van der Waals surface area contributed by atoms with Gasteiger partial charge in [0.25, 0.3) is 0 Å². The normalized spacial score (nSPS) is 11.8. The third-order valence-corrected chi connectivity index (χ3v) is 7.35. The zero-order valence-electron chi connectivity index (χ0n) is 17.2. The van der Waals surface area contributed by atoms with E-state index in [0.717, 1.165) is 22.5 Å². The summed E-state index contributed by atoms with van der Waals surface area (Å²) in [4.78, 5) is 5.03. The Bertz CT molecular complexity index is 1720. The fourth-order valence-electron chi connectivity index (χ4n) is 4.73. The van der Waals surface area contributed by atoms with Crippen molar-refractivity contribution in [2.24, 2.45) is 0 Å². The maximum atomic E-state index is 5.03. The molecule has 0 radical (unpaired) electrons. The van der Waals surface area contributed by atoms with E-state index in [0.29, 0.717) is 0 Å². The number of hydrogen-bond donors (Lipinski definition) is 0. The molecule has 32 heavy (non-hydrogen) atoms. The first-order valence-electron chi connectivity index (χ1n) is 10.7. The van der Waals surface area contributed by atoms with Gasteiger partial charge in [-0.05, 0) is 42.5 Å². The number of thiophene rings is 1. The molecule has 0 aliphatic heterocycles. The second-order valence-electron chi connectivity index (χ2n) is 8.06. The Hall–Kier alpha value is -3.95. The zero-order valence-corrected chi connectivity index (χ0v) is 18.0. The number of fused-ring (bicyclic) bond motifs is 6. The van der Waals surface area contributed by atoms with Crippen LogP contribution in [0.15, 0.2) is 109 Å². The van der Waals surface area contributed by atoms with Crippen molar-refractivity contribution in [2.45, 2.75) is 0 Å². The summed E-state index contributed by atoms with van der Waals surface area (Å²) >= 11 is 1.80. The number of rotatable bonds is 2. The van der Waals surface area contributed by atoms with E-state index in [2.05, 4.69) is 114 Å². The largest absolute Gasteiger partial charge is 0.309 e.